The van der Waals surface area contributed by atoms with Gasteiger partial charge in [0.2, 0.25) is 0 Å². The van der Waals surface area contributed by atoms with Crippen molar-refractivity contribution in [3.05, 3.63) is 64.7 Å². The first kappa shape index (κ1) is 19.4. The molecule has 4 nitrogen and oxygen atoms in total. The van der Waals surface area contributed by atoms with E-state index in [1.807, 2.05) is 38.1 Å². The molecule has 1 heterocycles. The van der Waals surface area contributed by atoms with Gasteiger partial charge in [-0.25, -0.2) is 0 Å². The fourth-order valence-electron chi connectivity index (χ4n) is 3.49. The molecule has 0 radical (unpaired) electrons. The highest BCUT2D eigenvalue weighted by molar-refractivity contribution is 5.80. The van der Waals surface area contributed by atoms with Gasteiger partial charge in [-0.15, -0.1) is 0 Å². The fraction of sp³-hybridized carbons (Fsp3) is 0.435. The van der Waals surface area contributed by atoms with Gasteiger partial charge in [-0.05, 0) is 75.0 Å². The number of rotatable bonds is 7. The van der Waals surface area contributed by atoms with E-state index in [1.54, 1.807) is 6.92 Å². The minimum absolute atomic E-state index is 0.0909. The van der Waals surface area contributed by atoms with E-state index in [0.29, 0.717) is 6.54 Å². The maximum Gasteiger partial charge on any atom is 0.261 e. The topological polar surface area (TPSA) is 41.6 Å². The number of benzene rings is 2. The molecule has 27 heavy (non-hydrogen) atoms. The Morgan fingerprint density at radius 1 is 1.07 bits per heavy atom. The summed E-state index contributed by atoms with van der Waals surface area (Å²) in [6.07, 6.45) is 2.04. The van der Waals surface area contributed by atoms with Crippen LogP contribution in [0, 0.1) is 13.8 Å². The molecule has 1 fully saturated rings. The predicted octanol–water partition coefficient (Wildman–Crippen LogP) is 3.98. The van der Waals surface area contributed by atoms with Crippen molar-refractivity contribution in [1.29, 1.82) is 0 Å². The smallest absolute Gasteiger partial charge is 0.261 e. The van der Waals surface area contributed by atoms with E-state index in [4.69, 9.17) is 4.74 Å². The summed E-state index contributed by atoms with van der Waals surface area (Å²) in [6.45, 7) is 9.69. The molecular formula is C23H30N2O2. The first-order valence-electron chi connectivity index (χ1n) is 9.84. The van der Waals surface area contributed by atoms with Crippen molar-refractivity contribution >= 4 is 5.91 Å². The first-order chi connectivity index (χ1) is 13.0. The highest BCUT2D eigenvalue weighted by Crippen LogP contribution is 2.22. The number of carbonyl (C=O) groups is 1. The summed E-state index contributed by atoms with van der Waals surface area (Å²) < 4.78 is 5.89. The third-order valence-electron chi connectivity index (χ3n) is 5.39. The van der Waals surface area contributed by atoms with Crippen LogP contribution in [-0.4, -0.2) is 30.0 Å². The lowest BCUT2D eigenvalue weighted by atomic mass is 10.1. The standard InChI is InChI=1S/C23H30N2O2/c1-17-9-8-12-22(18(17)2)27-19(3)23(26)24-15-20-10-4-5-11-21(20)16-25-13-6-7-14-25/h4-5,8-12,19H,6-7,13-16H2,1-3H3,(H,24,26). The Kier molecular flexibility index (Phi) is 6.51. The van der Waals surface area contributed by atoms with Crippen molar-refractivity contribution in [1.82, 2.24) is 10.2 Å². The molecule has 2 aromatic rings. The molecule has 0 bridgehead atoms. The van der Waals surface area contributed by atoms with Crippen molar-refractivity contribution < 1.29 is 9.53 Å². The van der Waals surface area contributed by atoms with Crippen LogP contribution in [0.15, 0.2) is 42.5 Å². The molecule has 0 saturated carbocycles. The van der Waals surface area contributed by atoms with Gasteiger partial charge in [0.05, 0.1) is 0 Å². The minimum atomic E-state index is -0.531. The zero-order valence-corrected chi connectivity index (χ0v) is 16.6. The van der Waals surface area contributed by atoms with E-state index in [-0.39, 0.29) is 5.91 Å². The van der Waals surface area contributed by atoms with E-state index in [0.717, 1.165) is 23.4 Å². The fourth-order valence-corrected chi connectivity index (χ4v) is 3.49. The number of amides is 1. The number of nitrogens with zero attached hydrogens (tertiary/aromatic N) is 1. The number of nitrogens with one attached hydrogen (secondary N) is 1. The largest absolute Gasteiger partial charge is 0.481 e. The van der Waals surface area contributed by atoms with E-state index in [9.17, 15) is 4.79 Å². The van der Waals surface area contributed by atoms with Crippen molar-refractivity contribution in [3.8, 4) is 5.75 Å². The van der Waals surface area contributed by atoms with Crippen molar-refractivity contribution in [3.63, 3.8) is 0 Å². The SMILES string of the molecule is Cc1cccc(OC(C)C(=O)NCc2ccccc2CN2CCCC2)c1C. The molecule has 3 rings (SSSR count). The summed E-state index contributed by atoms with van der Waals surface area (Å²) in [4.78, 5) is 15.0. The van der Waals surface area contributed by atoms with Crippen molar-refractivity contribution in [2.45, 2.75) is 52.8 Å². The minimum Gasteiger partial charge on any atom is -0.481 e. The number of aryl methyl sites for hydroxylation is 1. The van der Waals surface area contributed by atoms with Crippen LogP contribution in [0.2, 0.25) is 0 Å². The molecule has 0 aromatic heterocycles. The maximum atomic E-state index is 12.5. The number of ether oxygens (including phenoxy) is 1. The summed E-state index contributed by atoms with van der Waals surface area (Å²) in [6, 6.07) is 14.3. The number of carbonyl (C=O) groups excluding carboxylic acids is 1. The highest BCUT2D eigenvalue weighted by Gasteiger charge is 2.17. The van der Waals surface area contributed by atoms with Crippen LogP contribution in [-0.2, 0) is 17.9 Å². The van der Waals surface area contributed by atoms with Crippen molar-refractivity contribution in [2.24, 2.45) is 0 Å². The highest BCUT2D eigenvalue weighted by atomic mass is 16.5. The summed E-state index contributed by atoms with van der Waals surface area (Å²) in [7, 11) is 0. The summed E-state index contributed by atoms with van der Waals surface area (Å²) in [5, 5.41) is 3.04. The molecule has 2 aromatic carbocycles. The molecule has 144 valence electrons. The van der Waals surface area contributed by atoms with Gasteiger partial charge >= 0.3 is 0 Å². The molecule has 1 saturated heterocycles. The third-order valence-corrected chi connectivity index (χ3v) is 5.39. The van der Waals surface area contributed by atoms with Gasteiger partial charge in [0.1, 0.15) is 5.75 Å². The molecule has 1 unspecified atom stereocenters. The normalized spacial score (nSPS) is 15.5. The molecule has 1 aliphatic rings. The monoisotopic (exact) mass is 366 g/mol. The zero-order valence-electron chi connectivity index (χ0n) is 16.6. The molecule has 0 aliphatic carbocycles. The lowest BCUT2D eigenvalue weighted by Gasteiger charge is -2.19. The lowest BCUT2D eigenvalue weighted by Crippen LogP contribution is -2.36. The van der Waals surface area contributed by atoms with Crippen molar-refractivity contribution in [2.75, 3.05) is 13.1 Å². The zero-order chi connectivity index (χ0) is 19.2. The van der Waals surface area contributed by atoms with Gasteiger partial charge in [-0.3, -0.25) is 9.69 Å². The second-order valence-corrected chi connectivity index (χ2v) is 7.43. The quantitative estimate of drug-likeness (QED) is 0.806. The van der Waals surface area contributed by atoms with E-state index in [1.165, 1.54) is 37.1 Å². The Labute approximate surface area is 162 Å². The Morgan fingerprint density at radius 2 is 1.78 bits per heavy atom. The van der Waals surface area contributed by atoms with Crippen LogP contribution in [0.4, 0.5) is 0 Å². The Morgan fingerprint density at radius 3 is 2.52 bits per heavy atom. The molecule has 1 amide bonds. The Bertz CT molecular complexity index is 782. The third kappa shape index (κ3) is 5.10. The maximum absolute atomic E-state index is 12.5. The van der Waals surface area contributed by atoms with Gasteiger partial charge < -0.3 is 10.1 Å². The number of hydrogen-bond donors (Lipinski definition) is 1. The average Bonchev–Trinajstić information content (AvgIpc) is 3.17. The first-order valence-corrected chi connectivity index (χ1v) is 9.84. The molecular weight excluding hydrogens is 336 g/mol. The summed E-state index contributed by atoms with van der Waals surface area (Å²) in [5.41, 5.74) is 4.71. The van der Waals surface area contributed by atoms with Crippen LogP contribution in [0.25, 0.3) is 0 Å². The number of hydrogen-bond acceptors (Lipinski definition) is 3. The van der Waals surface area contributed by atoms with Gasteiger partial charge in [-0.1, -0.05) is 36.4 Å². The number of likely N-dealkylation sites (tertiary alicyclic amines) is 1. The van der Waals surface area contributed by atoms with E-state index >= 15 is 0 Å². The van der Waals surface area contributed by atoms with Gasteiger partial charge in [-0.2, -0.15) is 0 Å². The van der Waals surface area contributed by atoms with Gasteiger partial charge in [0.25, 0.3) is 5.91 Å². The molecule has 1 aliphatic heterocycles. The lowest BCUT2D eigenvalue weighted by molar-refractivity contribution is -0.127. The second kappa shape index (κ2) is 9.05. The van der Waals surface area contributed by atoms with Gasteiger partial charge in [0.15, 0.2) is 6.10 Å². The van der Waals surface area contributed by atoms with E-state index < -0.39 is 6.10 Å². The molecule has 0 spiro atoms. The van der Waals surface area contributed by atoms with Crippen LogP contribution in [0.3, 0.4) is 0 Å². The van der Waals surface area contributed by atoms with Crippen LogP contribution >= 0.6 is 0 Å². The summed E-state index contributed by atoms with van der Waals surface area (Å²) >= 11 is 0. The Hall–Kier alpha value is -2.33. The van der Waals surface area contributed by atoms with Crippen LogP contribution in [0.1, 0.15) is 42.0 Å². The molecule has 4 heteroatoms. The average molecular weight is 367 g/mol. The summed E-state index contributed by atoms with van der Waals surface area (Å²) in [5.74, 6) is 0.680. The van der Waals surface area contributed by atoms with E-state index in [2.05, 4.69) is 28.4 Å². The van der Waals surface area contributed by atoms with Gasteiger partial charge in [0, 0.05) is 13.1 Å². The second-order valence-electron chi connectivity index (χ2n) is 7.43. The molecule has 1 atom stereocenters. The Balaban J connectivity index is 1.57. The molecule has 1 N–H and O–H groups in total. The van der Waals surface area contributed by atoms with Crippen LogP contribution < -0.4 is 10.1 Å². The predicted molar refractivity (Wildman–Crippen MR) is 109 cm³/mol. The van der Waals surface area contributed by atoms with Crippen LogP contribution in [0.5, 0.6) is 5.75 Å².